The van der Waals surface area contributed by atoms with E-state index in [2.05, 4.69) is 80.3 Å². The lowest BCUT2D eigenvalue weighted by atomic mass is 9.78. The van der Waals surface area contributed by atoms with Crippen LogP contribution in [-0.2, 0) is 6.42 Å². The van der Waals surface area contributed by atoms with Crippen LogP contribution in [0.5, 0.6) is 0 Å². The van der Waals surface area contributed by atoms with Crippen LogP contribution in [0.4, 0.5) is 0 Å². The molecule has 1 aliphatic carbocycles. The van der Waals surface area contributed by atoms with Crippen molar-refractivity contribution in [3.05, 3.63) is 71.3 Å². The number of aryl methyl sites for hydroxylation is 1. The van der Waals surface area contributed by atoms with Gasteiger partial charge in [0.15, 0.2) is 0 Å². The summed E-state index contributed by atoms with van der Waals surface area (Å²) in [7, 11) is 0. The van der Waals surface area contributed by atoms with Crippen LogP contribution in [0.3, 0.4) is 0 Å². The molecule has 1 fully saturated rings. The van der Waals surface area contributed by atoms with Gasteiger partial charge < -0.3 is 0 Å². The van der Waals surface area contributed by atoms with E-state index in [4.69, 9.17) is 0 Å². The molecule has 0 spiro atoms. The van der Waals surface area contributed by atoms with Crippen molar-refractivity contribution < 1.29 is 0 Å². The van der Waals surface area contributed by atoms with E-state index in [-0.39, 0.29) is 0 Å². The molecule has 148 valence electrons. The Labute approximate surface area is 172 Å². The summed E-state index contributed by atoms with van der Waals surface area (Å²) < 4.78 is 0. The van der Waals surface area contributed by atoms with E-state index >= 15 is 0 Å². The highest BCUT2D eigenvalue weighted by Crippen LogP contribution is 2.33. The fourth-order valence-corrected chi connectivity index (χ4v) is 4.62. The van der Waals surface area contributed by atoms with E-state index in [1.165, 1.54) is 62.5 Å². The van der Waals surface area contributed by atoms with Gasteiger partial charge in [0.25, 0.3) is 0 Å². The zero-order chi connectivity index (χ0) is 19.6. The molecular weight excluding hydrogens is 336 g/mol. The van der Waals surface area contributed by atoms with Gasteiger partial charge in [-0.05, 0) is 54.4 Å². The molecule has 0 nitrogen and oxygen atoms in total. The second-order valence-corrected chi connectivity index (χ2v) is 8.55. The van der Waals surface area contributed by atoms with Gasteiger partial charge in [-0.3, -0.25) is 0 Å². The molecule has 1 atom stereocenters. The molecule has 2 aromatic carbocycles. The van der Waals surface area contributed by atoms with Crippen LogP contribution in [0.15, 0.2) is 54.6 Å². The zero-order valence-electron chi connectivity index (χ0n) is 17.8. The van der Waals surface area contributed by atoms with Crippen LogP contribution < -0.4 is 0 Å². The summed E-state index contributed by atoms with van der Waals surface area (Å²) in [4.78, 5) is 0. The second-order valence-electron chi connectivity index (χ2n) is 8.55. The summed E-state index contributed by atoms with van der Waals surface area (Å²) >= 11 is 0. The third-order valence-electron chi connectivity index (χ3n) is 6.46. The van der Waals surface area contributed by atoms with Crippen molar-refractivity contribution in [2.75, 3.05) is 0 Å². The molecule has 0 amide bonds. The van der Waals surface area contributed by atoms with Gasteiger partial charge in [0.1, 0.15) is 0 Å². The predicted molar refractivity (Wildman–Crippen MR) is 121 cm³/mol. The standard InChI is InChI=1S/C28H36/c1-3-8-23-11-13-24(14-12-23)15-16-25-17-19-26(20-18-25)21-22-27(4-2)28-9-6-5-7-10-28/h5-7,9-10,17-20,23-24,27H,3-4,8,11-16H2,1-2H3. The van der Waals surface area contributed by atoms with Crippen molar-refractivity contribution >= 4 is 0 Å². The molecule has 0 heteroatoms. The maximum absolute atomic E-state index is 3.47. The highest BCUT2D eigenvalue weighted by molar-refractivity contribution is 5.39. The van der Waals surface area contributed by atoms with Gasteiger partial charge in [-0.2, -0.15) is 0 Å². The summed E-state index contributed by atoms with van der Waals surface area (Å²) in [5.74, 6) is 9.15. The fraction of sp³-hybridized carbons (Fsp3) is 0.500. The monoisotopic (exact) mass is 372 g/mol. The molecule has 0 saturated heterocycles. The van der Waals surface area contributed by atoms with E-state index < -0.39 is 0 Å². The lowest BCUT2D eigenvalue weighted by molar-refractivity contribution is 0.252. The van der Waals surface area contributed by atoms with Crippen molar-refractivity contribution in [2.24, 2.45) is 11.8 Å². The molecule has 0 aliphatic heterocycles. The molecule has 3 rings (SSSR count). The summed E-state index contributed by atoms with van der Waals surface area (Å²) in [6.45, 7) is 4.54. The zero-order valence-corrected chi connectivity index (χ0v) is 17.8. The van der Waals surface area contributed by atoms with Crippen LogP contribution in [0, 0.1) is 23.7 Å². The van der Waals surface area contributed by atoms with Gasteiger partial charge in [0.2, 0.25) is 0 Å². The molecule has 1 aliphatic rings. The first kappa shape index (κ1) is 20.7. The first-order valence-electron chi connectivity index (χ1n) is 11.4. The molecule has 2 aromatic rings. The lowest BCUT2D eigenvalue weighted by Gasteiger charge is -2.28. The van der Waals surface area contributed by atoms with Gasteiger partial charge in [-0.25, -0.2) is 0 Å². The smallest absolute Gasteiger partial charge is 0.0453 e. The Morgan fingerprint density at radius 1 is 0.821 bits per heavy atom. The summed E-state index contributed by atoms with van der Waals surface area (Å²) in [6.07, 6.45) is 12.3. The Morgan fingerprint density at radius 3 is 2.07 bits per heavy atom. The molecular formula is C28H36. The summed E-state index contributed by atoms with van der Waals surface area (Å²) in [5, 5.41) is 0. The molecule has 0 N–H and O–H groups in total. The fourth-order valence-electron chi connectivity index (χ4n) is 4.62. The van der Waals surface area contributed by atoms with Crippen molar-refractivity contribution in [3.8, 4) is 11.8 Å². The average Bonchev–Trinajstić information content (AvgIpc) is 2.75. The Bertz CT molecular complexity index is 736. The Hall–Kier alpha value is -2.00. The minimum absolute atomic E-state index is 0.323. The third kappa shape index (κ3) is 6.27. The van der Waals surface area contributed by atoms with E-state index in [1.54, 1.807) is 0 Å². The van der Waals surface area contributed by atoms with Crippen LogP contribution in [0.1, 0.15) is 87.8 Å². The van der Waals surface area contributed by atoms with Gasteiger partial charge in [0, 0.05) is 11.5 Å². The normalized spacial score (nSPS) is 20.2. The average molecular weight is 373 g/mol. The molecule has 0 bridgehead atoms. The number of hydrogen-bond acceptors (Lipinski definition) is 0. The van der Waals surface area contributed by atoms with Gasteiger partial charge in [0.05, 0.1) is 0 Å². The first-order valence-corrected chi connectivity index (χ1v) is 11.4. The van der Waals surface area contributed by atoms with E-state index in [0.29, 0.717) is 5.92 Å². The van der Waals surface area contributed by atoms with Gasteiger partial charge in [-0.15, -0.1) is 0 Å². The van der Waals surface area contributed by atoms with Crippen LogP contribution >= 0.6 is 0 Å². The molecule has 1 unspecified atom stereocenters. The van der Waals surface area contributed by atoms with Crippen LogP contribution in [0.2, 0.25) is 0 Å². The molecule has 0 radical (unpaired) electrons. The maximum atomic E-state index is 3.47. The van der Waals surface area contributed by atoms with Crippen molar-refractivity contribution in [1.29, 1.82) is 0 Å². The van der Waals surface area contributed by atoms with Crippen molar-refractivity contribution in [3.63, 3.8) is 0 Å². The Morgan fingerprint density at radius 2 is 1.46 bits per heavy atom. The van der Waals surface area contributed by atoms with Crippen LogP contribution in [-0.4, -0.2) is 0 Å². The maximum Gasteiger partial charge on any atom is 0.0453 e. The molecule has 28 heavy (non-hydrogen) atoms. The largest absolute Gasteiger partial charge is 0.0897 e. The topological polar surface area (TPSA) is 0 Å². The highest BCUT2D eigenvalue weighted by atomic mass is 14.3. The van der Waals surface area contributed by atoms with E-state index in [0.717, 1.165) is 23.8 Å². The van der Waals surface area contributed by atoms with Crippen molar-refractivity contribution in [1.82, 2.24) is 0 Å². The van der Waals surface area contributed by atoms with E-state index in [9.17, 15) is 0 Å². The second kappa shape index (κ2) is 11.1. The predicted octanol–water partition coefficient (Wildman–Crippen LogP) is 7.77. The first-order chi connectivity index (χ1) is 13.8. The number of hydrogen-bond donors (Lipinski definition) is 0. The number of benzene rings is 2. The van der Waals surface area contributed by atoms with Crippen LogP contribution in [0.25, 0.3) is 0 Å². The Balaban J connectivity index is 1.49. The van der Waals surface area contributed by atoms with Crippen molar-refractivity contribution in [2.45, 2.75) is 77.6 Å². The minimum atomic E-state index is 0.323. The summed E-state index contributed by atoms with van der Waals surface area (Å²) in [6, 6.07) is 19.6. The highest BCUT2D eigenvalue weighted by Gasteiger charge is 2.20. The Kier molecular flexibility index (Phi) is 8.23. The molecule has 1 saturated carbocycles. The quantitative estimate of drug-likeness (QED) is 0.435. The lowest BCUT2D eigenvalue weighted by Crippen LogP contribution is -2.15. The molecule has 0 heterocycles. The molecule has 0 aromatic heterocycles. The van der Waals surface area contributed by atoms with E-state index in [1.807, 2.05) is 0 Å². The SMILES string of the molecule is CCCC1CCC(CCc2ccc(C#CC(CC)c3ccccc3)cc2)CC1. The van der Waals surface area contributed by atoms with Gasteiger partial charge >= 0.3 is 0 Å². The third-order valence-corrected chi connectivity index (χ3v) is 6.46. The van der Waals surface area contributed by atoms with Gasteiger partial charge in [-0.1, -0.05) is 107 Å². The summed E-state index contributed by atoms with van der Waals surface area (Å²) in [5.41, 5.74) is 3.93. The minimum Gasteiger partial charge on any atom is -0.0897 e. The number of rotatable bonds is 7.